The third kappa shape index (κ3) is 4.80. The van der Waals surface area contributed by atoms with Crippen molar-refractivity contribution in [1.82, 2.24) is 0 Å². The lowest BCUT2D eigenvalue weighted by atomic mass is 10.1. The molecule has 0 bridgehead atoms. The van der Waals surface area contributed by atoms with Gasteiger partial charge >= 0.3 is 5.97 Å². The van der Waals surface area contributed by atoms with Gasteiger partial charge in [-0.2, -0.15) is 0 Å². The predicted octanol–water partition coefficient (Wildman–Crippen LogP) is 3.98. The van der Waals surface area contributed by atoms with Crippen molar-refractivity contribution in [2.24, 2.45) is 0 Å². The first-order valence-electron chi connectivity index (χ1n) is 6.74. The second-order valence-corrected chi connectivity index (χ2v) is 5.03. The van der Waals surface area contributed by atoms with Crippen LogP contribution in [0.25, 0.3) is 6.08 Å². The molecule has 2 aromatic rings. The molecule has 0 atom stereocenters. The summed E-state index contributed by atoms with van der Waals surface area (Å²) in [5, 5.41) is 8.58. The van der Waals surface area contributed by atoms with Crippen LogP contribution in [0.2, 0.25) is 0 Å². The van der Waals surface area contributed by atoms with E-state index < -0.39 is 5.97 Å². The van der Waals surface area contributed by atoms with Crippen LogP contribution in [-0.4, -0.2) is 11.1 Å². The summed E-state index contributed by atoms with van der Waals surface area (Å²) in [6.07, 6.45) is 2.69. The fourth-order valence-corrected chi connectivity index (χ4v) is 2.08. The average Bonchev–Trinajstić information content (AvgIpc) is 2.43. The molecule has 0 unspecified atom stereocenters. The SMILES string of the molecule is Cc1cc(C)cc(OCc2ccc(C=CC(=O)O)cc2)c1. The topological polar surface area (TPSA) is 46.5 Å². The number of benzene rings is 2. The van der Waals surface area contributed by atoms with E-state index in [9.17, 15) is 4.79 Å². The number of aliphatic carboxylic acids is 1. The maximum atomic E-state index is 10.4. The quantitative estimate of drug-likeness (QED) is 0.844. The molecule has 108 valence electrons. The Hall–Kier alpha value is -2.55. The van der Waals surface area contributed by atoms with Crippen LogP contribution in [0.4, 0.5) is 0 Å². The standard InChI is InChI=1S/C18H18O3/c1-13-9-14(2)11-17(10-13)21-12-16-5-3-15(4-6-16)7-8-18(19)20/h3-11H,12H2,1-2H3,(H,19,20). The van der Waals surface area contributed by atoms with Gasteiger partial charge < -0.3 is 9.84 Å². The Morgan fingerprint density at radius 1 is 1.10 bits per heavy atom. The second kappa shape index (κ2) is 6.75. The van der Waals surface area contributed by atoms with Crippen molar-refractivity contribution in [1.29, 1.82) is 0 Å². The molecule has 0 amide bonds. The molecule has 1 N–H and O–H groups in total. The van der Waals surface area contributed by atoms with E-state index in [4.69, 9.17) is 9.84 Å². The van der Waals surface area contributed by atoms with Crippen molar-refractivity contribution in [3.8, 4) is 5.75 Å². The zero-order chi connectivity index (χ0) is 15.2. The lowest BCUT2D eigenvalue weighted by Crippen LogP contribution is -1.96. The zero-order valence-electron chi connectivity index (χ0n) is 12.2. The number of rotatable bonds is 5. The smallest absolute Gasteiger partial charge is 0.328 e. The van der Waals surface area contributed by atoms with Crippen molar-refractivity contribution in [2.45, 2.75) is 20.5 Å². The first-order chi connectivity index (χ1) is 10.0. The van der Waals surface area contributed by atoms with E-state index in [-0.39, 0.29) is 0 Å². The summed E-state index contributed by atoms with van der Waals surface area (Å²) in [6.45, 7) is 4.58. The van der Waals surface area contributed by atoms with Gasteiger partial charge in [-0.1, -0.05) is 30.3 Å². The summed E-state index contributed by atoms with van der Waals surface area (Å²) >= 11 is 0. The number of carboxylic acids is 1. The van der Waals surface area contributed by atoms with Crippen molar-refractivity contribution >= 4 is 12.0 Å². The normalized spacial score (nSPS) is 10.8. The van der Waals surface area contributed by atoms with Crippen LogP contribution in [0.15, 0.2) is 48.5 Å². The van der Waals surface area contributed by atoms with Crippen LogP contribution in [0.5, 0.6) is 5.75 Å². The van der Waals surface area contributed by atoms with Gasteiger partial charge in [-0.15, -0.1) is 0 Å². The summed E-state index contributed by atoms with van der Waals surface area (Å²) in [7, 11) is 0. The van der Waals surface area contributed by atoms with Gasteiger partial charge in [0.15, 0.2) is 0 Å². The molecule has 0 spiro atoms. The Kier molecular flexibility index (Phi) is 4.77. The van der Waals surface area contributed by atoms with Crippen LogP contribution in [-0.2, 0) is 11.4 Å². The van der Waals surface area contributed by atoms with Crippen LogP contribution < -0.4 is 4.74 Å². The average molecular weight is 282 g/mol. The molecule has 2 rings (SSSR count). The first kappa shape index (κ1) is 14.9. The minimum Gasteiger partial charge on any atom is -0.489 e. The highest BCUT2D eigenvalue weighted by atomic mass is 16.5. The zero-order valence-corrected chi connectivity index (χ0v) is 12.2. The molecule has 0 aliphatic rings. The van der Waals surface area contributed by atoms with Gasteiger partial charge in [0.1, 0.15) is 12.4 Å². The van der Waals surface area contributed by atoms with E-state index in [0.717, 1.165) is 23.0 Å². The summed E-state index contributed by atoms with van der Waals surface area (Å²) < 4.78 is 5.78. The number of carboxylic acid groups (broad SMARTS) is 1. The number of hydrogen-bond acceptors (Lipinski definition) is 2. The van der Waals surface area contributed by atoms with Gasteiger partial charge in [-0.25, -0.2) is 4.79 Å². The van der Waals surface area contributed by atoms with Crippen molar-refractivity contribution in [2.75, 3.05) is 0 Å². The third-order valence-corrected chi connectivity index (χ3v) is 3.00. The number of carbonyl (C=O) groups is 1. The second-order valence-electron chi connectivity index (χ2n) is 5.03. The largest absolute Gasteiger partial charge is 0.489 e. The van der Waals surface area contributed by atoms with E-state index in [1.807, 2.05) is 50.2 Å². The molecule has 0 saturated heterocycles. The van der Waals surface area contributed by atoms with Gasteiger partial charge in [0.05, 0.1) is 0 Å². The van der Waals surface area contributed by atoms with Gasteiger partial charge in [0.2, 0.25) is 0 Å². The Balaban J connectivity index is 1.99. The monoisotopic (exact) mass is 282 g/mol. The predicted molar refractivity (Wildman–Crippen MR) is 83.4 cm³/mol. The Labute approximate surface area is 124 Å². The first-order valence-corrected chi connectivity index (χ1v) is 6.74. The minimum absolute atomic E-state index is 0.492. The molecule has 0 radical (unpaired) electrons. The molecule has 2 aromatic carbocycles. The van der Waals surface area contributed by atoms with Crippen LogP contribution in [0, 0.1) is 13.8 Å². The molecule has 0 aliphatic carbocycles. The molecule has 0 saturated carbocycles. The molecule has 0 aromatic heterocycles. The number of aryl methyl sites for hydroxylation is 2. The summed E-state index contributed by atoms with van der Waals surface area (Å²) in [5.41, 5.74) is 4.26. The third-order valence-electron chi connectivity index (χ3n) is 3.00. The van der Waals surface area contributed by atoms with E-state index in [1.165, 1.54) is 11.1 Å². The van der Waals surface area contributed by atoms with Gasteiger partial charge in [-0.3, -0.25) is 0 Å². The summed E-state index contributed by atoms with van der Waals surface area (Å²) in [4.78, 5) is 10.4. The van der Waals surface area contributed by atoms with Crippen molar-refractivity contribution in [3.63, 3.8) is 0 Å². The Bertz CT molecular complexity index is 634. The number of ether oxygens (including phenoxy) is 1. The molecule has 0 aliphatic heterocycles. The van der Waals surface area contributed by atoms with Gasteiger partial charge in [-0.05, 0) is 54.3 Å². The highest BCUT2D eigenvalue weighted by molar-refractivity contribution is 5.85. The molecule has 0 fully saturated rings. The Morgan fingerprint density at radius 3 is 2.29 bits per heavy atom. The maximum Gasteiger partial charge on any atom is 0.328 e. The molecular formula is C18H18O3. The minimum atomic E-state index is -0.947. The molecule has 0 heterocycles. The Morgan fingerprint density at radius 2 is 1.71 bits per heavy atom. The van der Waals surface area contributed by atoms with Crippen LogP contribution >= 0.6 is 0 Å². The van der Waals surface area contributed by atoms with Crippen molar-refractivity contribution < 1.29 is 14.6 Å². The molecule has 3 heteroatoms. The van der Waals surface area contributed by atoms with Gasteiger partial charge in [0.25, 0.3) is 0 Å². The summed E-state index contributed by atoms with van der Waals surface area (Å²) in [6, 6.07) is 13.7. The lowest BCUT2D eigenvalue weighted by molar-refractivity contribution is -0.131. The van der Waals surface area contributed by atoms with E-state index in [2.05, 4.69) is 6.07 Å². The van der Waals surface area contributed by atoms with Crippen LogP contribution in [0.3, 0.4) is 0 Å². The van der Waals surface area contributed by atoms with Gasteiger partial charge in [0, 0.05) is 6.08 Å². The molecule has 21 heavy (non-hydrogen) atoms. The van der Waals surface area contributed by atoms with E-state index in [0.29, 0.717) is 6.61 Å². The van der Waals surface area contributed by atoms with E-state index >= 15 is 0 Å². The van der Waals surface area contributed by atoms with E-state index in [1.54, 1.807) is 6.08 Å². The fourth-order valence-electron chi connectivity index (χ4n) is 2.08. The molecule has 3 nitrogen and oxygen atoms in total. The number of hydrogen-bond donors (Lipinski definition) is 1. The van der Waals surface area contributed by atoms with Crippen molar-refractivity contribution in [3.05, 3.63) is 70.8 Å². The summed E-state index contributed by atoms with van der Waals surface area (Å²) in [5.74, 6) is -0.0837. The fraction of sp³-hybridized carbons (Fsp3) is 0.167. The highest BCUT2D eigenvalue weighted by Gasteiger charge is 1.99. The highest BCUT2D eigenvalue weighted by Crippen LogP contribution is 2.18. The lowest BCUT2D eigenvalue weighted by Gasteiger charge is -2.08. The maximum absolute atomic E-state index is 10.4. The molecular weight excluding hydrogens is 264 g/mol. The van der Waals surface area contributed by atoms with Crippen LogP contribution in [0.1, 0.15) is 22.3 Å².